The molecule has 0 unspecified atom stereocenters. The summed E-state index contributed by atoms with van der Waals surface area (Å²) in [7, 11) is 0. The number of nitrogens with zero attached hydrogens (tertiary/aromatic N) is 1. The van der Waals surface area contributed by atoms with Crippen LogP contribution < -0.4 is 11.1 Å². The van der Waals surface area contributed by atoms with Crippen molar-refractivity contribution in [1.29, 1.82) is 0 Å². The van der Waals surface area contributed by atoms with Gasteiger partial charge in [-0.25, -0.2) is 0 Å². The van der Waals surface area contributed by atoms with Gasteiger partial charge in [0.25, 0.3) is 6.01 Å². The Balaban J connectivity index is 1.83. The third-order valence-corrected chi connectivity index (χ3v) is 3.35. The predicted octanol–water partition coefficient (Wildman–Crippen LogP) is 4.23. The Labute approximate surface area is 123 Å². The summed E-state index contributed by atoms with van der Waals surface area (Å²) in [5, 5.41) is 3.22. The summed E-state index contributed by atoms with van der Waals surface area (Å²) in [5.74, 6) is 0. The summed E-state index contributed by atoms with van der Waals surface area (Å²) in [4.78, 5) is 4.46. The Morgan fingerprint density at radius 1 is 1.10 bits per heavy atom. The zero-order valence-electron chi connectivity index (χ0n) is 11.8. The highest BCUT2D eigenvalue weighted by atomic mass is 16.4. The third kappa shape index (κ3) is 2.89. The second kappa shape index (κ2) is 5.71. The first-order valence-electron chi connectivity index (χ1n) is 6.92. The molecule has 0 fully saturated rings. The number of nitrogen functional groups attached to an aromatic ring is 1. The van der Waals surface area contributed by atoms with Gasteiger partial charge < -0.3 is 15.5 Å². The van der Waals surface area contributed by atoms with E-state index >= 15 is 0 Å². The lowest BCUT2D eigenvalue weighted by Gasteiger charge is -2.06. The van der Waals surface area contributed by atoms with Gasteiger partial charge in [-0.1, -0.05) is 37.3 Å². The van der Waals surface area contributed by atoms with Gasteiger partial charge in [0.05, 0.1) is 0 Å². The molecule has 2 aromatic carbocycles. The Kier molecular flexibility index (Phi) is 3.60. The number of oxazole rings is 1. The van der Waals surface area contributed by atoms with Crippen molar-refractivity contribution in [3.63, 3.8) is 0 Å². The van der Waals surface area contributed by atoms with E-state index in [1.807, 2.05) is 42.5 Å². The van der Waals surface area contributed by atoms with Crippen LogP contribution in [-0.4, -0.2) is 4.98 Å². The smallest absolute Gasteiger partial charge is 0.299 e. The Hall–Kier alpha value is -2.75. The van der Waals surface area contributed by atoms with Crippen molar-refractivity contribution in [3.05, 3.63) is 60.4 Å². The Morgan fingerprint density at radius 3 is 2.62 bits per heavy atom. The van der Waals surface area contributed by atoms with E-state index in [0.717, 1.165) is 29.1 Å². The number of nitrogens with one attached hydrogen (secondary N) is 1. The van der Waals surface area contributed by atoms with E-state index in [1.54, 1.807) is 6.26 Å². The Morgan fingerprint density at radius 2 is 1.86 bits per heavy atom. The number of hydrogen-bond donors (Lipinski definition) is 2. The molecule has 3 N–H and O–H groups in total. The fraction of sp³-hybridized carbons (Fsp3) is 0.118. The number of hydrogen-bond acceptors (Lipinski definition) is 4. The zero-order valence-corrected chi connectivity index (χ0v) is 11.8. The van der Waals surface area contributed by atoms with E-state index in [0.29, 0.717) is 6.01 Å². The molecule has 0 amide bonds. The van der Waals surface area contributed by atoms with Gasteiger partial charge in [0.1, 0.15) is 12.0 Å². The summed E-state index contributed by atoms with van der Waals surface area (Å²) in [6.45, 7) is 2.12. The first-order valence-corrected chi connectivity index (χ1v) is 6.92. The van der Waals surface area contributed by atoms with E-state index in [-0.39, 0.29) is 0 Å². The molecule has 4 heteroatoms. The van der Waals surface area contributed by atoms with Crippen LogP contribution in [0.5, 0.6) is 0 Å². The van der Waals surface area contributed by atoms with Crippen LogP contribution in [0, 0.1) is 0 Å². The Bertz CT molecular complexity index is 732. The molecule has 0 saturated carbocycles. The van der Waals surface area contributed by atoms with Crippen LogP contribution in [0.2, 0.25) is 0 Å². The highest BCUT2D eigenvalue weighted by Gasteiger charge is 2.08. The molecule has 0 bridgehead atoms. The fourth-order valence-corrected chi connectivity index (χ4v) is 2.18. The number of para-hydroxylation sites is 1. The summed E-state index contributed by atoms with van der Waals surface area (Å²) >= 11 is 0. The molecule has 0 aliphatic rings. The van der Waals surface area contributed by atoms with Crippen molar-refractivity contribution in [3.8, 4) is 11.3 Å². The zero-order chi connectivity index (χ0) is 14.7. The minimum atomic E-state index is 0.489. The summed E-state index contributed by atoms with van der Waals surface area (Å²) < 4.78 is 5.50. The molecule has 0 aliphatic heterocycles. The van der Waals surface area contributed by atoms with Gasteiger partial charge in [-0.15, -0.1) is 0 Å². The monoisotopic (exact) mass is 279 g/mol. The quantitative estimate of drug-likeness (QED) is 0.701. The average Bonchev–Trinajstić information content (AvgIpc) is 2.97. The van der Waals surface area contributed by atoms with Crippen LogP contribution in [0.15, 0.2) is 59.2 Å². The van der Waals surface area contributed by atoms with E-state index in [2.05, 4.69) is 23.3 Å². The first-order chi connectivity index (χ1) is 10.3. The number of anilines is 3. The van der Waals surface area contributed by atoms with Gasteiger partial charge in [-0.2, -0.15) is 4.98 Å². The normalized spacial score (nSPS) is 10.5. The molecule has 4 nitrogen and oxygen atoms in total. The summed E-state index contributed by atoms with van der Waals surface area (Å²) in [6, 6.07) is 16.2. The van der Waals surface area contributed by atoms with Crippen LogP contribution in [-0.2, 0) is 6.42 Å². The van der Waals surface area contributed by atoms with Gasteiger partial charge in [0.2, 0.25) is 0 Å². The molecular weight excluding hydrogens is 262 g/mol. The molecule has 0 aliphatic carbocycles. The minimum absolute atomic E-state index is 0.489. The summed E-state index contributed by atoms with van der Waals surface area (Å²) in [5.41, 5.74) is 10.4. The van der Waals surface area contributed by atoms with E-state index in [9.17, 15) is 0 Å². The van der Waals surface area contributed by atoms with Gasteiger partial charge in [0, 0.05) is 16.9 Å². The third-order valence-electron chi connectivity index (χ3n) is 3.35. The molecule has 0 atom stereocenters. The molecule has 0 saturated heterocycles. The molecule has 3 aromatic rings. The molecule has 1 aromatic heterocycles. The standard InChI is InChI=1S/C17H17N3O/c1-2-12-5-3-4-6-15(12)19-17-20-16(11-21-17)13-7-9-14(18)10-8-13/h3-11H,2,18H2,1H3,(H,19,20). The fourth-order valence-electron chi connectivity index (χ4n) is 2.18. The van der Waals surface area contributed by atoms with Gasteiger partial charge in [0.15, 0.2) is 0 Å². The van der Waals surface area contributed by atoms with E-state index in [1.165, 1.54) is 5.56 Å². The van der Waals surface area contributed by atoms with Gasteiger partial charge >= 0.3 is 0 Å². The molecule has 21 heavy (non-hydrogen) atoms. The van der Waals surface area contributed by atoms with Crippen molar-refractivity contribution >= 4 is 17.4 Å². The number of benzene rings is 2. The minimum Gasteiger partial charge on any atom is -0.431 e. The lowest BCUT2D eigenvalue weighted by Crippen LogP contribution is -1.95. The molecule has 106 valence electrons. The van der Waals surface area contributed by atoms with Crippen LogP contribution in [0.4, 0.5) is 17.4 Å². The lowest BCUT2D eigenvalue weighted by atomic mass is 10.1. The molecule has 3 rings (SSSR count). The van der Waals surface area contributed by atoms with Crippen LogP contribution in [0.3, 0.4) is 0 Å². The SMILES string of the molecule is CCc1ccccc1Nc1nc(-c2ccc(N)cc2)co1. The summed E-state index contributed by atoms with van der Waals surface area (Å²) in [6.07, 6.45) is 2.59. The van der Waals surface area contributed by atoms with E-state index in [4.69, 9.17) is 10.2 Å². The molecule has 0 radical (unpaired) electrons. The van der Waals surface area contributed by atoms with Crippen molar-refractivity contribution in [2.45, 2.75) is 13.3 Å². The highest BCUT2D eigenvalue weighted by Crippen LogP contribution is 2.25. The lowest BCUT2D eigenvalue weighted by molar-refractivity contribution is 0.578. The number of rotatable bonds is 4. The molecular formula is C17H17N3O. The van der Waals surface area contributed by atoms with Crippen molar-refractivity contribution in [2.75, 3.05) is 11.1 Å². The topological polar surface area (TPSA) is 64.1 Å². The van der Waals surface area contributed by atoms with Crippen LogP contribution >= 0.6 is 0 Å². The van der Waals surface area contributed by atoms with Gasteiger partial charge in [-0.05, 0) is 30.2 Å². The second-order valence-corrected chi connectivity index (χ2v) is 4.80. The maximum atomic E-state index is 5.69. The highest BCUT2D eigenvalue weighted by molar-refractivity contribution is 5.64. The molecule has 0 spiro atoms. The van der Waals surface area contributed by atoms with Crippen molar-refractivity contribution < 1.29 is 4.42 Å². The van der Waals surface area contributed by atoms with Crippen LogP contribution in [0.25, 0.3) is 11.3 Å². The second-order valence-electron chi connectivity index (χ2n) is 4.80. The maximum Gasteiger partial charge on any atom is 0.299 e. The number of nitrogens with two attached hydrogens (primary N) is 1. The largest absolute Gasteiger partial charge is 0.431 e. The van der Waals surface area contributed by atoms with Gasteiger partial charge in [-0.3, -0.25) is 0 Å². The van der Waals surface area contributed by atoms with Crippen LogP contribution in [0.1, 0.15) is 12.5 Å². The molecule has 1 heterocycles. The first kappa shape index (κ1) is 13.2. The predicted molar refractivity (Wildman–Crippen MR) is 85.5 cm³/mol. The number of aromatic nitrogens is 1. The number of aryl methyl sites for hydroxylation is 1. The van der Waals surface area contributed by atoms with Crippen molar-refractivity contribution in [1.82, 2.24) is 4.98 Å². The maximum absolute atomic E-state index is 5.69. The average molecular weight is 279 g/mol. The van der Waals surface area contributed by atoms with E-state index < -0.39 is 0 Å². The van der Waals surface area contributed by atoms with Crippen molar-refractivity contribution in [2.24, 2.45) is 0 Å².